The van der Waals surface area contributed by atoms with Gasteiger partial charge in [0.1, 0.15) is 0 Å². The van der Waals surface area contributed by atoms with E-state index in [1.165, 1.54) is 0 Å². The molecule has 0 aliphatic heterocycles. The third-order valence-electron chi connectivity index (χ3n) is 0. The third-order valence-corrected chi connectivity index (χ3v) is 0. The average Bonchev–Trinajstić information content (AvgIpc) is 0.918. The van der Waals surface area contributed by atoms with E-state index in [-0.39, 0.29) is 37.8 Å². The Morgan fingerprint density at radius 2 is 1.20 bits per heavy atom. The quantitative estimate of drug-likeness (QED) is 0.581. The minimum Gasteiger partial charge on any atom is -0.166 e. The molecule has 1 radical (unpaired) electrons. The fourth-order valence-electron chi connectivity index (χ4n) is 0. The van der Waals surface area contributed by atoms with E-state index in [0.717, 1.165) is 0 Å². The van der Waals surface area contributed by atoms with E-state index in [1.54, 1.807) is 0 Å². The maximum absolute atomic E-state index is 4.26. The van der Waals surface area contributed by atoms with Crippen LogP contribution in [0, 0.1) is 0 Å². The van der Waals surface area contributed by atoms with Gasteiger partial charge in [0.2, 0.25) is 0 Å². The molecule has 0 N–H and O–H groups in total. The summed E-state index contributed by atoms with van der Waals surface area (Å²) in [5.74, 6) is 0. The molecule has 0 aromatic heterocycles. The van der Waals surface area contributed by atoms with E-state index in [2.05, 4.69) is 27.6 Å². The summed E-state index contributed by atoms with van der Waals surface area (Å²) in [6.07, 6.45) is 0. The first-order valence-corrected chi connectivity index (χ1v) is 0.926. The predicted octanol–water partition coefficient (Wildman–Crippen LogP) is 1.31. The third kappa shape index (κ3) is 26.6. The Labute approximate surface area is 65.1 Å². The summed E-state index contributed by atoms with van der Waals surface area (Å²) < 4.78 is 3.19. The normalized spacial score (nSPS) is 3.60. The molecule has 1 nitrogen and oxygen atoms in total. The van der Waals surface area contributed by atoms with Crippen LogP contribution in [0.3, 0.4) is 0 Å². The molecule has 0 aliphatic carbocycles. The molecule has 0 fully saturated rings. The van der Waals surface area contributed by atoms with E-state index in [9.17, 15) is 0 Å². The van der Waals surface area contributed by atoms with E-state index in [4.69, 9.17) is 0 Å². The van der Waals surface area contributed by atoms with Crippen LogP contribution in [0.15, 0.2) is 0 Å². The molecule has 0 aromatic rings. The van der Waals surface area contributed by atoms with Crippen molar-refractivity contribution in [1.82, 2.24) is 0 Å². The van der Waals surface area contributed by atoms with E-state index in [1.807, 2.05) is 0 Å². The molecule has 0 saturated carbocycles. The Hall–Kier alpha value is 1.73. The van der Waals surface area contributed by atoms with Crippen LogP contribution in [0.25, 0.3) is 0 Å². The van der Waals surface area contributed by atoms with Gasteiger partial charge < -0.3 is 0 Å². The van der Waals surface area contributed by atoms with Crippen molar-refractivity contribution in [2.75, 3.05) is 0 Å². The van der Waals surface area contributed by atoms with Crippen molar-refractivity contribution in [3.8, 4) is 0 Å². The maximum atomic E-state index is 4.26. The van der Waals surface area contributed by atoms with Crippen LogP contribution in [0.5, 0.6) is 0 Å². The summed E-state index contributed by atoms with van der Waals surface area (Å²) in [7, 11) is 0. The van der Waals surface area contributed by atoms with Gasteiger partial charge in [-0.05, 0) is 0 Å². The second-order valence-corrected chi connectivity index (χ2v) is 0.525. The summed E-state index contributed by atoms with van der Waals surface area (Å²) in [5.41, 5.74) is 0. The zero-order chi connectivity index (χ0) is 2.71. The van der Waals surface area contributed by atoms with Crippen LogP contribution in [-0.4, -0.2) is 0 Å². The molecule has 0 heterocycles. The molecular weight excluding hydrogens is 242 g/mol. The van der Waals surface area contributed by atoms with Crippen molar-refractivity contribution in [2.45, 2.75) is 0 Å². The summed E-state index contributed by atoms with van der Waals surface area (Å²) in [5, 5.41) is 0. The van der Waals surface area contributed by atoms with Gasteiger partial charge in [-0.15, -0.1) is 0 Å². The van der Waals surface area contributed by atoms with Gasteiger partial charge in [0.15, 0.2) is 0 Å². The van der Waals surface area contributed by atoms with Crippen LogP contribution in [-0.2, 0) is 41.7 Å². The van der Waals surface area contributed by atoms with Gasteiger partial charge >= 0.3 is 0 Å². The Bertz CT molecular complexity index is 9.61. The molecule has 35 valence electrons. The Kier molecular flexibility index (Phi) is 54.6. The first-order chi connectivity index (χ1) is 1.41. The van der Waals surface area contributed by atoms with Gasteiger partial charge in [0, 0.05) is 37.8 Å². The van der Waals surface area contributed by atoms with E-state index in [0.29, 0.717) is 0 Å². The molecule has 0 aromatic carbocycles. The van der Waals surface area contributed by atoms with Gasteiger partial charge in [0.05, 0.1) is 23.7 Å². The second-order valence-electron chi connectivity index (χ2n) is 0.0583. The molecule has 5 heavy (non-hydrogen) atoms. The van der Waals surface area contributed by atoms with Crippen molar-refractivity contribution < 1.29 is 41.7 Å². The van der Waals surface area contributed by atoms with Crippen molar-refractivity contribution in [3.63, 3.8) is 0 Å². The van der Waals surface area contributed by atoms with Gasteiger partial charge in [-0.2, -0.15) is 3.84 Å². The summed E-state index contributed by atoms with van der Waals surface area (Å²) in [6.45, 7) is 0. The van der Waals surface area contributed by atoms with Gasteiger partial charge in [-0.25, -0.2) is 0 Å². The largest absolute Gasteiger partial charge is 0.166 e. The monoisotopic (exact) mass is 243 g/mol. The standard InChI is InChI=1S/Cl2O.Co.Mo/c1-3-2;;. The predicted molar refractivity (Wildman–Crippen MR) is 12.8 cm³/mol. The van der Waals surface area contributed by atoms with E-state index >= 15 is 0 Å². The zero-order valence-corrected chi connectivity index (χ0v) is 6.47. The van der Waals surface area contributed by atoms with Crippen LogP contribution in [0.1, 0.15) is 0 Å². The first-order valence-electron chi connectivity index (χ1n) is 0.309. The smallest absolute Gasteiger partial charge is 0.0832 e. The summed E-state index contributed by atoms with van der Waals surface area (Å²) in [4.78, 5) is 0. The van der Waals surface area contributed by atoms with Crippen molar-refractivity contribution in [3.05, 3.63) is 0 Å². The van der Waals surface area contributed by atoms with Crippen LogP contribution in [0.2, 0.25) is 0 Å². The van der Waals surface area contributed by atoms with Crippen molar-refractivity contribution >= 4 is 23.7 Å². The molecule has 0 amide bonds. The Morgan fingerprint density at radius 1 is 1.20 bits per heavy atom. The minimum atomic E-state index is 0. The Morgan fingerprint density at radius 3 is 1.20 bits per heavy atom. The molecule has 0 unspecified atom stereocenters. The SMILES string of the molecule is ClOCl.[Co].[Mo]. The first kappa shape index (κ1) is 15.9. The number of halogens is 2. The second kappa shape index (κ2) is 17.2. The minimum absolute atomic E-state index is 0. The van der Waals surface area contributed by atoms with Gasteiger partial charge in [-0.3, -0.25) is 0 Å². The number of hydrogen-bond acceptors (Lipinski definition) is 1. The molecule has 0 atom stereocenters. The van der Waals surface area contributed by atoms with Gasteiger partial charge in [0.25, 0.3) is 0 Å². The molecule has 0 rings (SSSR count). The fourth-order valence-corrected chi connectivity index (χ4v) is 0. The number of rotatable bonds is 0. The van der Waals surface area contributed by atoms with Crippen molar-refractivity contribution in [1.29, 1.82) is 0 Å². The molecule has 0 saturated heterocycles. The Balaban J connectivity index is -0.0000000200. The fraction of sp³-hybridized carbons (Fsp3) is 0. The zero-order valence-electron chi connectivity index (χ0n) is 1.91. The topological polar surface area (TPSA) is 9.23 Å². The van der Waals surface area contributed by atoms with Crippen LogP contribution < -0.4 is 0 Å². The molecule has 0 spiro atoms. The molecule has 0 bridgehead atoms. The van der Waals surface area contributed by atoms with E-state index < -0.39 is 0 Å². The maximum Gasteiger partial charge on any atom is 0.0832 e. The summed E-state index contributed by atoms with van der Waals surface area (Å²) >= 11 is 8.53. The van der Waals surface area contributed by atoms with Crippen LogP contribution in [0.4, 0.5) is 0 Å². The molecule has 0 aliphatic rings. The number of hydrogen-bond donors (Lipinski definition) is 0. The molecular formula is Cl2CoMoO. The summed E-state index contributed by atoms with van der Waals surface area (Å²) in [6, 6.07) is 0. The van der Waals surface area contributed by atoms with Crippen molar-refractivity contribution in [2.24, 2.45) is 0 Å². The molecule has 5 heteroatoms. The van der Waals surface area contributed by atoms with Gasteiger partial charge in [-0.1, -0.05) is 0 Å². The van der Waals surface area contributed by atoms with Crippen LogP contribution >= 0.6 is 23.7 Å². The average molecular weight is 242 g/mol.